The van der Waals surface area contributed by atoms with Crippen molar-refractivity contribution in [2.75, 3.05) is 47.4 Å². The molecule has 0 aromatic heterocycles. The monoisotopic (exact) mass is 378 g/mol. The number of methoxy groups -OCH3 is 2. The summed E-state index contributed by atoms with van der Waals surface area (Å²) in [6.45, 7) is 4.06. The average Bonchev–Trinajstić information content (AvgIpc) is 2.93. The summed E-state index contributed by atoms with van der Waals surface area (Å²) in [6.07, 6.45) is 0.688. The molecular weight excluding hydrogens is 352 g/mol. The standard InChI is InChI=1S/C22H26N4O2/c1-25-10-12-26(13-11-25)22-15-19(23-17-6-4-5-7-18(17)24-22)16-8-9-20(27-2)21(14-16)28-3/h4-9,14H,10-13,15H2,1-3H3. The number of likely N-dealkylation sites (N-methyl/N-ethyl adjacent to an activating group) is 1. The fourth-order valence-electron chi connectivity index (χ4n) is 3.60. The normalized spacial score (nSPS) is 17.3. The molecule has 28 heavy (non-hydrogen) atoms. The molecule has 0 N–H and O–H groups in total. The molecule has 0 saturated carbocycles. The number of nitrogens with zero attached hydrogens (tertiary/aromatic N) is 4. The summed E-state index contributed by atoms with van der Waals surface area (Å²) in [5.74, 6) is 2.50. The van der Waals surface area contributed by atoms with Crippen LogP contribution in [-0.2, 0) is 0 Å². The Morgan fingerprint density at radius 1 is 0.821 bits per heavy atom. The van der Waals surface area contributed by atoms with Crippen LogP contribution in [-0.4, -0.2) is 68.8 Å². The molecule has 0 bridgehead atoms. The molecule has 2 aromatic rings. The minimum absolute atomic E-state index is 0.688. The zero-order valence-electron chi connectivity index (χ0n) is 16.7. The molecule has 0 radical (unpaired) electrons. The Labute approximate surface area is 166 Å². The Bertz CT molecular complexity index is 915. The lowest BCUT2D eigenvalue weighted by Crippen LogP contribution is -2.47. The van der Waals surface area contributed by atoms with Crippen LogP contribution in [0.5, 0.6) is 11.5 Å². The maximum Gasteiger partial charge on any atom is 0.161 e. The maximum atomic E-state index is 5.50. The molecule has 6 heteroatoms. The Hall–Kier alpha value is -2.86. The molecule has 2 heterocycles. The van der Waals surface area contributed by atoms with Gasteiger partial charge < -0.3 is 19.3 Å². The number of hydrogen-bond acceptors (Lipinski definition) is 6. The van der Waals surface area contributed by atoms with Crippen molar-refractivity contribution < 1.29 is 9.47 Å². The fourth-order valence-corrected chi connectivity index (χ4v) is 3.60. The lowest BCUT2D eigenvalue weighted by molar-refractivity contribution is 0.214. The zero-order valence-corrected chi connectivity index (χ0v) is 16.7. The molecule has 0 unspecified atom stereocenters. The van der Waals surface area contributed by atoms with E-state index >= 15 is 0 Å². The molecule has 0 aliphatic carbocycles. The minimum Gasteiger partial charge on any atom is -0.493 e. The first-order valence-electron chi connectivity index (χ1n) is 9.58. The van der Waals surface area contributed by atoms with E-state index in [4.69, 9.17) is 19.5 Å². The van der Waals surface area contributed by atoms with E-state index in [1.165, 1.54) is 0 Å². The van der Waals surface area contributed by atoms with Gasteiger partial charge in [-0.1, -0.05) is 12.1 Å². The molecule has 0 spiro atoms. The van der Waals surface area contributed by atoms with Crippen molar-refractivity contribution >= 4 is 22.9 Å². The highest BCUT2D eigenvalue weighted by Gasteiger charge is 2.23. The van der Waals surface area contributed by atoms with E-state index in [-0.39, 0.29) is 0 Å². The lowest BCUT2D eigenvalue weighted by Gasteiger charge is -2.34. The van der Waals surface area contributed by atoms with Gasteiger partial charge in [0.1, 0.15) is 5.84 Å². The third-order valence-electron chi connectivity index (χ3n) is 5.30. The molecule has 2 aliphatic heterocycles. The molecule has 2 aliphatic rings. The van der Waals surface area contributed by atoms with E-state index in [9.17, 15) is 0 Å². The third-order valence-corrected chi connectivity index (χ3v) is 5.30. The predicted octanol–water partition coefficient (Wildman–Crippen LogP) is 3.51. The second kappa shape index (κ2) is 8.02. The average molecular weight is 378 g/mol. The molecule has 6 nitrogen and oxygen atoms in total. The molecule has 146 valence electrons. The van der Waals surface area contributed by atoms with Crippen LogP contribution in [0.15, 0.2) is 52.4 Å². The van der Waals surface area contributed by atoms with Gasteiger partial charge in [-0.2, -0.15) is 0 Å². The van der Waals surface area contributed by atoms with Crippen LogP contribution < -0.4 is 9.47 Å². The first-order chi connectivity index (χ1) is 13.7. The van der Waals surface area contributed by atoms with E-state index in [1.54, 1.807) is 14.2 Å². The summed E-state index contributed by atoms with van der Waals surface area (Å²) in [5.41, 5.74) is 3.84. The fraction of sp³-hybridized carbons (Fsp3) is 0.364. The predicted molar refractivity (Wildman–Crippen MR) is 113 cm³/mol. The second-order valence-corrected chi connectivity index (χ2v) is 7.11. The summed E-state index contributed by atoms with van der Waals surface area (Å²) in [7, 11) is 5.47. The van der Waals surface area contributed by atoms with Crippen molar-refractivity contribution in [1.29, 1.82) is 0 Å². The van der Waals surface area contributed by atoms with E-state index in [1.807, 2.05) is 42.5 Å². The molecular formula is C22H26N4O2. The Morgan fingerprint density at radius 2 is 1.50 bits per heavy atom. The smallest absolute Gasteiger partial charge is 0.161 e. The first kappa shape index (κ1) is 18.5. The first-order valence-corrected chi connectivity index (χ1v) is 9.58. The number of rotatable bonds is 3. The number of para-hydroxylation sites is 2. The number of amidine groups is 1. The number of aliphatic imine (C=N–C) groups is 2. The topological polar surface area (TPSA) is 49.7 Å². The molecule has 4 rings (SSSR count). The summed E-state index contributed by atoms with van der Waals surface area (Å²) in [5, 5.41) is 0. The van der Waals surface area contributed by atoms with Gasteiger partial charge in [0.2, 0.25) is 0 Å². The maximum absolute atomic E-state index is 5.50. The summed E-state index contributed by atoms with van der Waals surface area (Å²) < 4.78 is 10.9. The van der Waals surface area contributed by atoms with Crippen molar-refractivity contribution in [3.8, 4) is 11.5 Å². The minimum atomic E-state index is 0.688. The van der Waals surface area contributed by atoms with Crippen LogP contribution in [0.2, 0.25) is 0 Å². The lowest BCUT2D eigenvalue weighted by atomic mass is 10.0. The number of fused-ring (bicyclic) bond motifs is 1. The molecule has 1 fully saturated rings. The van der Waals surface area contributed by atoms with Crippen molar-refractivity contribution in [1.82, 2.24) is 9.80 Å². The van der Waals surface area contributed by atoms with E-state index in [2.05, 4.69) is 16.8 Å². The second-order valence-electron chi connectivity index (χ2n) is 7.11. The third kappa shape index (κ3) is 3.73. The number of benzene rings is 2. The highest BCUT2D eigenvalue weighted by molar-refractivity contribution is 6.15. The SMILES string of the molecule is COc1ccc(C2=Nc3ccccc3N=C(N3CCN(C)CC3)C2)cc1OC. The van der Waals surface area contributed by atoms with Gasteiger partial charge >= 0.3 is 0 Å². The van der Waals surface area contributed by atoms with Gasteiger partial charge in [-0.05, 0) is 37.4 Å². The van der Waals surface area contributed by atoms with Gasteiger partial charge in [-0.3, -0.25) is 4.99 Å². The van der Waals surface area contributed by atoms with Gasteiger partial charge in [0.25, 0.3) is 0 Å². The van der Waals surface area contributed by atoms with Crippen LogP contribution in [0, 0.1) is 0 Å². The highest BCUT2D eigenvalue weighted by Crippen LogP contribution is 2.34. The van der Waals surface area contributed by atoms with Gasteiger partial charge in [0.05, 0.1) is 31.3 Å². The summed E-state index contributed by atoms with van der Waals surface area (Å²) in [6, 6.07) is 14.0. The van der Waals surface area contributed by atoms with Crippen molar-refractivity contribution in [3.05, 3.63) is 48.0 Å². The van der Waals surface area contributed by atoms with E-state index in [0.717, 1.165) is 54.7 Å². The van der Waals surface area contributed by atoms with Crippen LogP contribution in [0.4, 0.5) is 11.4 Å². The Morgan fingerprint density at radius 3 is 2.18 bits per heavy atom. The number of hydrogen-bond donors (Lipinski definition) is 0. The van der Waals surface area contributed by atoms with Gasteiger partial charge in [0.15, 0.2) is 11.5 Å². The van der Waals surface area contributed by atoms with Crippen LogP contribution in [0.3, 0.4) is 0 Å². The van der Waals surface area contributed by atoms with Gasteiger partial charge in [-0.25, -0.2) is 4.99 Å². The summed E-state index contributed by atoms with van der Waals surface area (Å²) >= 11 is 0. The Balaban J connectivity index is 1.74. The van der Waals surface area contributed by atoms with Crippen LogP contribution in [0.1, 0.15) is 12.0 Å². The molecule has 1 saturated heterocycles. The number of piperazine rings is 1. The van der Waals surface area contributed by atoms with Gasteiger partial charge in [-0.15, -0.1) is 0 Å². The molecule has 0 amide bonds. The Kier molecular flexibility index (Phi) is 5.30. The highest BCUT2D eigenvalue weighted by atomic mass is 16.5. The van der Waals surface area contributed by atoms with Crippen LogP contribution >= 0.6 is 0 Å². The van der Waals surface area contributed by atoms with E-state index in [0.29, 0.717) is 17.9 Å². The van der Waals surface area contributed by atoms with E-state index < -0.39 is 0 Å². The summed E-state index contributed by atoms with van der Waals surface area (Å²) in [4.78, 5) is 14.7. The van der Waals surface area contributed by atoms with Crippen LogP contribution in [0.25, 0.3) is 0 Å². The van der Waals surface area contributed by atoms with Crippen molar-refractivity contribution in [2.45, 2.75) is 6.42 Å². The van der Waals surface area contributed by atoms with Crippen molar-refractivity contribution in [3.63, 3.8) is 0 Å². The molecule has 0 atom stereocenters. The van der Waals surface area contributed by atoms with Crippen molar-refractivity contribution in [2.24, 2.45) is 9.98 Å². The quantitative estimate of drug-likeness (QED) is 0.820. The largest absolute Gasteiger partial charge is 0.493 e. The molecule has 2 aromatic carbocycles. The van der Waals surface area contributed by atoms with Gasteiger partial charge in [0, 0.05) is 38.2 Å². The number of ether oxygens (including phenoxy) is 2. The zero-order chi connectivity index (χ0) is 19.5.